The van der Waals surface area contributed by atoms with E-state index in [1.165, 1.54) is 6.92 Å². The van der Waals surface area contributed by atoms with Crippen molar-refractivity contribution in [1.82, 2.24) is 5.32 Å². The van der Waals surface area contributed by atoms with Crippen molar-refractivity contribution in [2.75, 3.05) is 17.2 Å². The third kappa shape index (κ3) is 4.51. The molecule has 2 unspecified atom stereocenters. The highest BCUT2D eigenvalue weighted by atomic mass is 19.4. The molecule has 0 saturated heterocycles. The molecule has 2 amide bonds. The number of anilines is 2. The summed E-state index contributed by atoms with van der Waals surface area (Å²) in [6.07, 6.45) is -5.06. The Hall–Kier alpha value is -2.45. The van der Waals surface area contributed by atoms with Gasteiger partial charge in [0.05, 0.1) is 5.69 Å². The number of halogens is 3. The molecule has 0 aliphatic carbocycles. The van der Waals surface area contributed by atoms with Crippen molar-refractivity contribution >= 4 is 23.2 Å². The molecular formula is C14H16F3N3O3. The fourth-order valence-electron chi connectivity index (χ4n) is 1.95. The molecule has 23 heavy (non-hydrogen) atoms. The predicted molar refractivity (Wildman–Crippen MR) is 77.3 cm³/mol. The van der Waals surface area contributed by atoms with Crippen molar-refractivity contribution < 1.29 is 27.5 Å². The summed E-state index contributed by atoms with van der Waals surface area (Å²) in [5.74, 6) is -0.601. The average molecular weight is 331 g/mol. The van der Waals surface area contributed by atoms with Gasteiger partial charge in [0.2, 0.25) is 5.91 Å². The third-order valence-corrected chi connectivity index (χ3v) is 3.15. The summed E-state index contributed by atoms with van der Waals surface area (Å²) in [5.41, 5.74) is 0.901. The Morgan fingerprint density at radius 2 is 2.13 bits per heavy atom. The van der Waals surface area contributed by atoms with Gasteiger partial charge in [0, 0.05) is 5.69 Å². The first kappa shape index (κ1) is 16.9. The van der Waals surface area contributed by atoms with E-state index in [0.717, 1.165) is 0 Å². The second-order valence-corrected chi connectivity index (χ2v) is 5.16. The van der Waals surface area contributed by atoms with Gasteiger partial charge in [-0.05, 0) is 32.0 Å². The number of carbonyl (C=O) groups excluding carboxylic acids is 2. The van der Waals surface area contributed by atoms with Crippen LogP contribution in [0.15, 0.2) is 18.2 Å². The van der Waals surface area contributed by atoms with Gasteiger partial charge in [0.1, 0.15) is 18.3 Å². The van der Waals surface area contributed by atoms with Crippen LogP contribution in [0.25, 0.3) is 0 Å². The number of alkyl halides is 3. The maximum Gasteiger partial charge on any atom is 0.405 e. The minimum atomic E-state index is -4.46. The number of benzene rings is 1. The van der Waals surface area contributed by atoms with Crippen LogP contribution in [0.4, 0.5) is 24.5 Å². The fraction of sp³-hybridized carbons (Fsp3) is 0.429. The molecule has 0 radical (unpaired) electrons. The Balaban J connectivity index is 1.99. The zero-order chi connectivity index (χ0) is 17.2. The molecule has 2 atom stereocenters. The van der Waals surface area contributed by atoms with E-state index in [-0.39, 0.29) is 5.91 Å². The molecule has 2 rings (SSSR count). The third-order valence-electron chi connectivity index (χ3n) is 3.15. The Morgan fingerprint density at radius 3 is 2.78 bits per heavy atom. The molecule has 9 heteroatoms. The van der Waals surface area contributed by atoms with E-state index in [2.05, 4.69) is 10.6 Å². The van der Waals surface area contributed by atoms with Crippen molar-refractivity contribution in [2.24, 2.45) is 0 Å². The van der Waals surface area contributed by atoms with Gasteiger partial charge in [-0.15, -0.1) is 0 Å². The Bertz CT molecular complexity index is 619. The van der Waals surface area contributed by atoms with Gasteiger partial charge in [0.15, 0.2) is 6.10 Å². The molecule has 1 aliphatic heterocycles. The van der Waals surface area contributed by atoms with Crippen molar-refractivity contribution in [3.63, 3.8) is 0 Å². The van der Waals surface area contributed by atoms with Crippen molar-refractivity contribution in [3.05, 3.63) is 18.2 Å². The lowest BCUT2D eigenvalue weighted by molar-refractivity contribution is -0.138. The van der Waals surface area contributed by atoms with Gasteiger partial charge < -0.3 is 20.7 Å². The van der Waals surface area contributed by atoms with E-state index in [1.54, 1.807) is 30.4 Å². The van der Waals surface area contributed by atoms with E-state index in [9.17, 15) is 22.8 Å². The predicted octanol–water partition coefficient (Wildman–Crippen LogP) is 1.88. The summed E-state index contributed by atoms with van der Waals surface area (Å²) < 4.78 is 41.6. The van der Waals surface area contributed by atoms with Crippen LogP contribution in [0.1, 0.15) is 13.8 Å². The van der Waals surface area contributed by atoms with Crippen LogP contribution in [0, 0.1) is 0 Å². The lowest BCUT2D eigenvalue weighted by atomic mass is 10.2. The summed E-state index contributed by atoms with van der Waals surface area (Å²) in [6, 6.07) is 3.88. The van der Waals surface area contributed by atoms with E-state index in [4.69, 9.17) is 4.74 Å². The van der Waals surface area contributed by atoms with Gasteiger partial charge in [-0.1, -0.05) is 0 Å². The summed E-state index contributed by atoms with van der Waals surface area (Å²) in [6.45, 7) is 1.66. The summed E-state index contributed by atoms with van der Waals surface area (Å²) in [7, 11) is 0. The van der Waals surface area contributed by atoms with Crippen molar-refractivity contribution in [3.8, 4) is 5.75 Å². The van der Waals surface area contributed by atoms with E-state index in [1.807, 2.05) is 0 Å². The average Bonchev–Trinajstić information content (AvgIpc) is 2.45. The van der Waals surface area contributed by atoms with Gasteiger partial charge >= 0.3 is 6.18 Å². The van der Waals surface area contributed by atoms with Gasteiger partial charge in [0.25, 0.3) is 5.91 Å². The number of amides is 2. The number of carbonyl (C=O) groups is 2. The van der Waals surface area contributed by atoms with Crippen LogP contribution in [0.2, 0.25) is 0 Å². The normalized spacial score (nSPS) is 18.3. The molecule has 0 fully saturated rings. The maximum absolute atomic E-state index is 12.1. The van der Waals surface area contributed by atoms with Gasteiger partial charge in [-0.2, -0.15) is 13.2 Å². The Morgan fingerprint density at radius 1 is 1.43 bits per heavy atom. The number of hydrogen-bond acceptors (Lipinski definition) is 4. The highest BCUT2D eigenvalue weighted by Gasteiger charge is 2.29. The molecule has 1 aliphatic rings. The zero-order valence-corrected chi connectivity index (χ0v) is 12.5. The first-order chi connectivity index (χ1) is 10.7. The molecule has 0 spiro atoms. The summed E-state index contributed by atoms with van der Waals surface area (Å²) in [4.78, 5) is 23.2. The van der Waals surface area contributed by atoms with Crippen LogP contribution in [-0.2, 0) is 9.59 Å². The highest BCUT2D eigenvalue weighted by Crippen LogP contribution is 2.32. The lowest BCUT2D eigenvalue weighted by Crippen LogP contribution is -2.42. The molecule has 1 heterocycles. The molecule has 0 aromatic heterocycles. The monoisotopic (exact) mass is 331 g/mol. The Labute approximate surface area is 130 Å². The number of nitrogens with one attached hydrogen (secondary N) is 3. The minimum Gasteiger partial charge on any atom is -0.479 e. The standard InChI is InChI=1S/C14H16F3N3O3/c1-7(12(21)18-6-14(15,16)17)19-9-3-4-11-10(5-9)20-13(22)8(2)23-11/h3-5,7-8,19H,6H2,1-2H3,(H,18,21)(H,20,22). The first-order valence-corrected chi connectivity index (χ1v) is 6.88. The first-order valence-electron chi connectivity index (χ1n) is 6.88. The van der Waals surface area contributed by atoms with Gasteiger partial charge in [-0.3, -0.25) is 9.59 Å². The largest absolute Gasteiger partial charge is 0.479 e. The van der Waals surface area contributed by atoms with E-state index >= 15 is 0 Å². The van der Waals surface area contributed by atoms with Crippen molar-refractivity contribution in [1.29, 1.82) is 0 Å². The van der Waals surface area contributed by atoms with Crippen LogP contribution in [0.5, 0.6) is 5.75 Å². The van der Waals surface area contributed by atoms with E-state index < -0.39 is 30.8 Å². The number of ether oxygens (including phenoxy) is 1. The molecule has 6 nitrogen and oxygen atoms in total. The number of hydrogen-bond donors (Lipinski definition) is 3. The Kier molecular flexibility index (Phi) is 4.67. The molecule has 3 N–H and O–H groups in total. The van der Waals surface area contributed by atoms with Crippen molar-refractivity contribution in [2.45, 2.75) is 32.2 Å². The highest BCUT2D eigenvalue weighted by molar-refractivity contribution is 5.98. The fourth-order valence-corrected chi connectivity index (χ4v) is 1.95. The van der Waals surface area contributed by atoms with Crippen LogP contribution < -0.4 is 20.7 Å². The molecule has 0 bridgehead atoms. The molecular weight excluding hydrogens is 315 g/mol. The second-order valence-electron chi connectivity index (χ2n) is 5.16. The van der Waals surface area contributed by atoms with Crippen LogP contribution >= 0.6 is 0 Å². The summed E-state index contributed by atoms with van der Waals surface area (Å²) in [5, 5.41) is 7.21. The topological polar surface area (TPSA) is 79.5 Å². The molecule has 1 aromatic carbocycles. The maximum atomic E-state index is 12.1. The quantitative estimate of drug-likeness (QED) is 0.787. The molecule has 0 saturated carbocycles. The summed E-state index contributed by atoms with van der Waals surface area (Å²) >= 11 is 0. The number of fused-ring (bicyclic) bond motifs is 1. The van der Waals surface area contributed by atoms with Crippen LogP contribution in [0.3, 0.4) is 0 Å². The molecule has 1 aromatic rings. The van der Waals surface area contributed by atoms with E-state index in [0.29, 0.717) is 17.1 Å². The lowest BCUT2D eigenvalue weighted by Gasteiger charge is -2.24. The SMILES string of the molecule is CC(Nc1ccc2c(c1)NC(=O)C(C)O2)C(=O)NCC(F)(F)F. The second kappa shape index (κ2) is 6.35. The molecule has 126 valence electrons. The minimum absolute atomic E-state index is 0.300. The number of rotatable bonds is 4. The zero-order valence-electron chi connectivity index (χ0n) is 12.5. The van der Waals surface area contributed by atoms with Crippen LogP contribution in [-0.4, -0.2) is 36.7 Å². The smallest absolute Gasteiger partial charge is 0.405 e. The van der Waals surface area contributed by atoms with Gasteiger partial charge in [-0.25, -0.2) is 0 Å².